The van der Waals surface area contributed by atoms with E-state index < -0.39 is 0 Å². The zero-order chi connectivity index (χ0) is 15.7. The summed E-state index contributed by atoms with van der Waals surface area (Å²) >= 11 is 0. The highest BCUT2D eigenvalue weighted by molar-refractivity contribution is 6.02. The average molecular weight is 303 g/mol. The lowest BCUT2D eigenvalue weighted by Gasteiger charge is -2.22. The van der Waals surface area contributed by atoms with Gasteiger partial charge in [-0.1, -0.05) is 12.1 Å². The first kappa shape index (κ1) is 14.4. The number of imide groups is 1. The molecule has 3 rings (SSSR count). The van der Waals surface area contributed by atoms with Crippen LogP contribution >= 0.6 is 0 Å². The number of ether oxygens (including phenoxy) is 1. The van der Waals surface area contributed by atoms with Crippen LogP contribution in [0.3, 0.4) is 0 Å². The van der Waals surface area contributed by atoms with Crippen molar-refractivity contribution in [1.29, 1.82) is 0 Å². The molecule has 1 N–H and O–H groups in total. The Bertz CT molecular complexity index is 615. The molecule has 4 amide bonds. The Balaban J connectivity index is 1.74. The van der Waals surface area contributed by atoms with E-state index in [0.29, 0.717) is 30.8 Å². The van der Waals surface area contributed by atoms with E-state index in [1.54, 1.807) is 29.2 Å². The minimum Gasteiger partial charge on any atom is -0.496 e. The second kappa shape index (κ2) is 5.67. The first-order valence-corrected chi connectivity index (χ1v) is 7.14. The summed E-state index contributed by atoms with van der Waals surface area (Å²) in [4.78, 5) is 38.9. The molecule has 2 aliphatic heterocycles. The molecule has 7 nitrogen and oxygen atoms in total. The second-order valence-corrected chi connectivity index (χ2v) is 5.32. The standard InChI is InChI=1S/C15H17N3O4/c1-22-12-5-3-2-4-11(12)14(20)17-7-6-10(9-17)18-13(19)8-16-15(18)21/h2-5,10H,6-9H2,1H3,(H,16,21). The predicted octanol–water partition coefficient (Wildman–Crippen LogP) is 0.462. The predicted molar refractivity (Wildman–Crippen MR) is 77.5 cm³/mol. The van der Waals surface area contributed by atoms with Crippen LogP contribution in [0.1, 0.15) is 16.8 Å². The Kier molecular flexibility index (Phi) is 3.70. The van der Waals surface area contributed by atoms with Crippen LogP contribution in [0.2, 0.25) is 0 Å². The number of urea groups is 1. The first-order valence-electron chi connectivity index (χ1n) is 7.14. The fourth-order valence-corrected chi connectivity index (χ4v) is 2.93. The van der Waals surface area contributed by atoms with Gasteiger partial charge in [-0.05, 0) is 18.6 Å². The Hall–Kier alpha value is -2.57. The number of nitrogens with zero attached hydrogens (tertiary/aromatic N) is 2. The molecule has 0 saturated carbocycles. The Morgan fingerprint density at radius 1 is 1.32 bits per heavy atom. The molecule has 116 valence electrons. The summed E-state index contributed by atoms with van der Waals surface area (Å²) < 4.78 is 5.21. The second-order valence-electron chi connectivity index (χ2n) is 5.32. The molecule has 0 radical (unpaired) electrons. The third kappa shape index (κ3) is 2.38. The van der Waals surface area contributed by atoms with Crippen molar-refractivity contribution in [2.24, 2.45) is 0 Å². The Labute approximate surface area is 127 Å². The van der Waals surface area contributed by atoms with Crippen LogP contribution < -0.4 is 10.1 Å². The van der Waals surface area contributed by atoms with E-state index in [1.807, 2.05) is 0 Å². The Morgan fingerprint density at radius 2 is 2.09 bits per heavy atom. The number of carbonyl (C=O) groups is 3. The van der Waals surface area contributed by atoms with Gasteiger partial charge in [-0.15, -0.1) is 0 Å². The van der Waals surface area contributed by atoms with Gasteiger partial charge in [0.05, 0.1) is 25.3 Å². The molecule has 2 aliphatic rings. The van der Waals surface area contributed by atoms with Crippen LogP contribution in [0.25, 0.3) is 0 Å². The van der Waals surface area contributed by atoms with Crippen LogP contribution in [-0.2, 0) is 4.79 Å². The van der Waals surface area contributed by atoms with Crippen LogP contribution in [0.5, 0.6) is 5.75 Å². The normalized spacial score (nSPS) is 21.2. The minimum atomic E-state index is -0.374. The van der Waals surface area contributed by atoms with E-state index in [4.69, 9.17) is 4.74 Å². The third-order valence-corrected chi connectivity index (χ3v) is 4.03. The van der Waals surface area contributed by atoms with E-state index in [0.717, 1.165) is 0 Å². The summed E-state index contributed by atoms with van der Waals surface area (Å²) in [5, 5.41) is 2.50. The molecule has 0 bridgehead atoms. The van der Waals surface area contributed by atoms with Crippen molar-refractivity contribution in [3.8, 4) is 5.75 Å². The number of hydrogen-bond acceptors (Lipinski definition) is 4. The van der Waals surface area contributed by atoms with Crippen molar-refractivity contribution in [3.63, 3.8) is 0 Å². The van der Waals surface area contributed by atoms with Crippen LogP contribution in [-0.4, -0.2) is 60.4 Å². The van der Waals surface area contributed by atoms with Crippen molar-refractivity contribution in [2.45, 2.75) is 12.5 Å². The number of nitrogens with one attached hydrogen (secondary N) is 1. The minimum absolute atomic E-state index is 0.0375. The molecule has 1 atom stereocenters. The fraction of sp³-hybridized carbons (Fsp3) is 0.400. The summed E-state index contributed by atoms with van der Waals surface area (Å²) in [6.45, 7) is 0.907. The Morgan fingerprint density at radius 3 is 2.77 bits per heavy atom. The number of para-hydroxylation sites is 1. The highest BCUT2D eigenvalue weighted by Gasteiger charge is 2.39. The molecule has 0 aromatic heterocycles. The lowest BCUT2D eigenvalue weighted by Crippen LogP contribution is -2.42. The topological polar surface area (TPSA) is 79.0 Å². The summed E-state index contributed by atoms with van der Waals surface area (Å²) in [5.74, 6) is 0.138. The third-order valence-electron chi connectivity index (χ3n) is 4.03. The average Bonchev–Trinajstić information content (AvgIpc) is 3.13. The van der Waals surface area contributed by atoms with Crippen LogP contribution in [0.4, 0.5) is 4.79 Å². The van der Waals surface area contributed by atoms with Crippen molar-refractivity contribution in [2.75, 3.05) is 26.7 Å². The van der Waals surface area contributed by atoms with Gasteiger partial charge < -0.3 is 15.0 Å². The molecule has 7 heteroatoms. The lowest BCUT2D eigenvalue weighted by molar-refractivity contribution is -0.126. The maximum Gasteiger partial charge on any atom is 0.324 e. The zero-order valence-electron chi connectivity index (χ0n) is 12.2. The highest BCUT2D eigenvalue weighted by atomic mass is 16.5. The monoisotopic (exact) mass is 303 g/mol. The summed E-state index contributed by atoms with van der Waals surface area (Å²) in [5.41, 5.74) is 0.489. The summed E-state index contributed by atoms with van der Waals surface area (Å²) in [6.07, 6.45) is 0.597. The number of amides is 4. The quantitative estimate of drug-likeness (QED) is 0.823. The van der Waals surface area contributed by atoms with E-state index in [9.17, 15) is 14.4 Å². The van der Waals surface area contributed by atoms with Crippen molar-refractivity contribution >= 4 is 17.8 Å². The molecule has 0 aliphatic carbocycles. The zero-order valence-corrected chi connectivity index (χ0v) is 12.2. The highest BCUT2D eigenvalue weighted by Crippen LogP contribution is 2.24. The van der Waals surface area contributed by atoms with Gasteiger partial charge in [0.15, 0.2) is 0 Å². The molecule has 2 saturated heterocycles. The van der Waals surface area contributed by atoms with Gasteiger partial charge >= 0.3 is 6.03 Å². The molecule has 0 spiro atoms. The smallest absolute Gasteiger partial charge is 0.324 e. The van der Waals surface area contributed by atoms with Crippen LogP contribution in [0, 0.1) is 0 Å². The molecule has 1 unspecified atom stereocenters. The maximum atomic E-state index is 12.6. The molecule has 22 heavy (non-hydrogen) atoms. The van der Waals surface area contributed by atoms with Gasteiger partial charge in [-0.3, -0.25) is 14.5 Å². The van der Waals surface area contributed by atoms with Crippen molar-refractivity contribution in [3.05, 3.63) is 29.8 Å². The fourth-order valence-electron chi connectivity index (χ4n) is 2.93. The molecule has 2 heterocycles. The molecule has 2 fully saturated rings. The number of rotatable bonds is 3. The van der Waals surface area contributed by atoms with Crippen molar-refractivity contribution in [1.82, 2.24) is 15.1 Å². The van der Waals surface area contributed by atoms with Gasteiger partial charge in [0.1, 0.15) is 5.75 Å². The number of methoxy groups -OCH3 is 1. The SMILES string of the molecule is COc1ccccc1C(=O)N1CCC(N2C(=O)CNC2=O)C1. The number of hydrogen-bond donors (Lipinski definition) is 1. The van der Waals surface area contributed by atoms with Gasteiger partial charge in [-0.25, -0.2) is 4.79 Å². The van der Waals surface area contributed by atoms with Crippen LogP contribution in [0.15, 0.2) is 24.3 Å². The van der Waals surface area contributed by atoms with E-state index in [2.05, 4.69) is 5.32 Å². The molecule has 1 aromatic rings. The van der Waals surface area contributed by atoms with Gasteiger partial charge in [0, 0.05) is 13.1 Å². The number of likely N-dealkylation sites (tertiary alicyclic amines) is 1. The maximum absolute atomic E-state index is 12.6. The lowest BCUT2D eigenvalue weighted by atomic mass is 10.2. The van der Waals surface area contributed by atoms with Gasteiger partial charge in [0.2, 0.25) is 5.91 Å². The summed E-state index contributed by atoms with van der Waals surface area (Å²) in [6, 6.07) is 6.40. The van der Waals surface area contributed by atoms with Crippen molar-refractivity contribution < 1.29 is 19.1 Å². The van der Waals surface area contributed by atoms with E-state index in [-0.39, 0.29) is 30.4 Å². The first-order chi connectivity index (χ1) is 10.6. The number of benzene rings is 1. The molecule has 1 aromatic carbocycles. The van der Waals surface area contributed by atoms with Gasteiger partial charge in [-0.2, -0.15) is 0 Å². The van der Waals surface area contributed by atoms with Gasteiger partial charge in [0.25, 0.3) is 5.91 Å². The number of carbonyl (C=O) groups excluding carboxylic acids is 3. The van der Waals surface area contributed by atoms with E-state index in [1.165, 1.54) is 12.0 Å². The molecular weight excluding hydrogens is 286 g/mol. The van der Waals surface area contributed by atoms with E-state index >= 15 is 0 Å². The largest absolute Gasteiger partial charge is 0.496 e. The molecular formula is C15H17N3O4. The summed E-state index contributed by atoms with van der Waals surface area (Å²) in [7, 11) is 1.52.